The Morgan fingerprint density at radius 3 is 3.00 bits per heavy atom. The predicted octanol–water partition coefficient (Wildman–Crippen LogP) is 2.96. The fourth-order valence-corrected chi connectivity index (χ4v) is 2.13. The van der Waals surface area contributed by atoms with Crippen LogP contribution < -0.4 is 0 Å². The number of hydrogen-bond donors (Lipinski definition) is 0. The van der Waals surface area contributed by atoms with Crippen LogP contribution in [0.3, 0.4) is 0 Å². The van der Waals surface area contributed by atoms with E-state index in [1.54, 1.807) is 0 Å². The van der Waals surface area contributed by atoms with E-state index in [0.29, 0.717) is 5.92 Å². The third-order valence-corrected chi connectivity index (χ3v) is 2.82. The summed E-state index contributed by atoms with van der Waals surface area (Å²) in [4.78, 5) is 0. The minimum atomic E-state index is 0.618. The zero-order valence-corrected chi connectivity index (χ0v) is 7.14. The van der Waals surface area contributed by atoms with Gasteiger partial charge in [0.15, 0.2) is 0 Å². The van der Waals surface area contributed by atoms with Crippen LogP contribution in [0.15, 0.2) is 24.3 Å². The maximum absolute atomic E-state index is 5.84. The molecule has 0 nitrogen and oxygen atoms in total. The van der Waals surface area contributed by atoms with Gasteiger partial charge in [-0.3, -0.25) is 0 Å². The highest BCUT2D eigenvalue weighted by atomic mass is 35.5. The van der Waals surface area contributed by atoms with Crippen LogP contribution in [0.5, 0.6) is 0 Å². The first-order valence-electron chi connectivity index (χ1n) is 4.05. The van der Waals surface area contributed by atoms with Gasteiger partial charge in [-0.15, -0.1) is 11.6 Å². The molecule has 1 aliphatic rings. The Bertz CT molecular complexity index is 255. The van der Waals surface area contributed by atoms with Crippen molar-refractivity contribution in [3.8, 4) is 0 Å². The Balaban J connectivity index is 2.39. The number of alkyl halides is 1. The summed E-state index contributed by atoms with van der Waals surface area (Å²) in [6.07, 6.45) is 2.45. The summed E-state index contributed by atoms with van der Waals surface area (Å²) in [6, 6.07) is 8.62. The molecule has 1 aromatic rings. The Kier molecular flexibility index (Phi) is 1.87. The number of rotatable bonds is 1. The van der Waals surface area contributed by atoms with Crippen LogP contribution in [-0.2, 0) is 6.42 Å². The van der Waals surface area contributed by atoms with E-state index < -0.39 is 0 Å². The van der Waals surface area contributed by atoms with Crippen LogP contribution in [0.4, 0.5) is 0 Å². The van der Waals surface area contributed by atoms with Crippen molar-refractivity contribution in [2.24, 2.45) is 0 Å². The summed E-state index contributed by atoms with van der Waals surface area (Å²) < 4.78 is 0. The van der Waals surface area contributed by atoms with E-state index in [-0.39, 0.29) is 0 Å². The molecule has 1 aliphatic carbocycles. The van der Waals surface area contributed by atoms with Crippen LogP contribution in [0, 0.1) is 0 Å². The van der Waals surface area contributed by atoms with E-state index in [4.69, 9.17) is 11.6 Å². The fourth-order valence-electron chi connectivity index (χ4n) is 1.81. The lowest BCUT2D eigenvalue weighted by molar-refractivity contribution is 0.754. The molecule has 11 heavy (non-hydrogen) atoms. The molecule has 0 amide bonds. The molecule has 1 atom stereocenters. The first-order chi connectivity index (χ1) is 5.42. The molecule has 1 heteroatoms. The largest absolute Gasteiger partial charge is 0.126 e. The number of hydrogen-bond acceptors (Lipinski definition) is 0. The second-order valence-electron chi connectivity index (χ2n) is 3.09. The van der Waals surface area contributed by atoms with Gasteiger partial charge in [0.25, 0.3) is 0 Å². The molecule has 1 aromatic carbocycles. The van der Waals surface area contributed by atoms with Gasteiger partial charge in [0.2, 0.25) is 0 Å². The third kappa shape index (κ3) is 1.16. The minimum absolute atomic E-state index is 0.618. The van der Waals surface area contributed by atoms with Gasteiger partial charge in [-0.1, -0.05) is 24.3 Å². The molecule has 2 rings (SSSR count). The van der Waals surface area contributed by atoms with Crippen molar-refractivity contribution in [1.29, 1.82) is 0 Å². The fraction of sp³-hybridized carbons (Fsp3) is 0.400. The Morgan fingerprint density at radius 1 is 1.36 bits per heavy atom. The van der Waals surface area contributed by atoms with Gasteiger partial charge >= 0.3 is 0 Å². The molecule has 0 N–H and O–H groups in total. The van der Waals surface area contributed by atoms with Gasteiger partial charge in [0, 0.05) is 5.88 Å². The van der Waals surface area contributed by atoms with Gasteiger partial charge in [-0.2, -0.15) is 0 Å². The van der Waals surface area contributed by atoms with E-state index in [1.807, 2.05) is 0 Å². The van der Waals surface area contributed by atoms with Crippen molar-refractivity contribution in [2.45, 2.75) is 18.8 Å². The SMILES string of the molecule is ClC[C@H]1CCc2ccccc21. The monoisotopic (exact) mass is 166 g/mol. The van der Waals surface area contributed by atoms with Gasteiger partial charge in [-0.25, -0.2) is 0 Å². The molecule has 0 aliphatic heterocycles. The van der Waals surface area contributed by atoms with E-state index in [0.717, 1.165) is 5.88 Å². The average molecular weight is 167 g/mol. The molecule has 0 heterocycles. The molecule has 0 unspecified atom stereocenters. The molecular formula is C10H11Cl. The summed E-state index contributed by atoms with van der Waals surface area (Å²) in [7, 11) is 0. The lowest BCUT2D eigenvalue weighted by Gasteiger charge is -2.04. The van der Waals surface area contributed by atoms with E-state index in [2.05, 4.69) is 24.3 Å². The molecule has 0 saturated carbocycles. The second-order valence-corrected chi connectivity index (χ2v) is 3.40. The summed E-state index contributed by atoms with van der Waals surface area (Å²) in [5, 5.41) is 0. The first-order valence-corrected chi connectivity index (χ1v) is 4.59. The topological polar surface area (TPSA) is 0 Å². The number of halogens is 1. The average Bonchev–Trinajstić information content (AvgIpc) is 2.47. The summed E-state index contributed by atoms with van der Waals surface area (Å²) >= 11 is 5.84. The first kappa shape index (κ1) is 7.17. The zero-order valence-electron chi connectivity index (χ0n) is 6.39. The lowest BCUT2D eigenvalue weighted by Crippen LogP contribution is -1.93. The van der Waals surface area contributed by atoms with Gasteiger partial charge in [-0.05, 0) is 29.9 Å². The van der Waals surface area contributed by atoms with Crippen LogP contribution in [0.2, 0.25) is 0 Å². The molecule has 0 radical (unpaired) electrons. The summed E-state index contributed by atoms with van der Waals surface area (Å²) in [6.45, 7) is 0. The lowest BCUT2D eigenvalue weighted by atomic mass is 10.0. The smallest absolute Gasteiger partial charge is 0.0292 e. The van der Waals surface area contributed by atoms with Crippen molar-refractivity contribution in [3.05, 3.63) is 35.4 Å². The Labute approximate surface area is 72.2 Å². The molecule has 0 fully saturated rings. The van der Waals surface area contributed by atoms with Crippen LogP contribution in [0.25, 0.3) is 0 Å². The Hall–Kier alpha value is -0.490. The highest BCUT2D eigenvalue weighted by Crippen LogP contribution is 2.33. The zero-order chi connectivity index (χ0) is 7.68. The van der Waals surface area contributed by atoms with E-state index in [1.165, 1.54) is 24.0 Å². The van der Waals surface area contributed by atoms with Crippen LogP contribution in [0.1, 0.15) is 23.5 Å². The highest BCUT2D eigenvalue weighted by Gasteiger charge is 2.20. The van der Waals surface area contributed by atoms with Crippen molar-refractivity contribution >= 4 is 11.6 Å². The standard InChI is InChI=1S/C10H11Cl/c11-7-9-6-5-8-3-1-2-4-10(8)9/h1-4,9H,5-7H2/t9-/m1/s1. The van der Waals surface area contributed by atoms with Crippen LogP contribution in [-0.4, -0.2) is 5.88 Å². The van der Waals surface area contributed by atoms with Gasteiger partial charge < -0.3 is 0 Å². The van der Waals surface area contributed by atoms with E-state index in [9.17, 15) is 0 Å². The summed E-state index contributed by atoms with van der Waals surface area (Å²) in [5.41, 5.74) is 2.97. The predicted molar refractivity (Wildman–Crippen MR) is 48.2 cm³/mol. The number of benzene rings is 1. The maximum atomic E-state index is 5.84. The molecule has 0 saturated heterocycles. The quantitative estimate of drug-likeness (QED) is 0.563. The minimum Gasteiger partial charge on any atom is -0.126 e. The van der Waals surface area contributed by atoms with Crippen molar-refractivity contribution in [1.82, 2.24) is 0 Å². The number of fused-ring (bicyclic) bond motifs is 1. The molecule has 58 valence electrons. The summed E-state index contributed by atoms with van der Waals surface area (Å²) in [5.74, 6) is 1.39. The molecule has 0 spiro atoms. The van der Waals surface area contributed by atoms with E-state index >= 15 is 0 Å². The Morgan fingerprint density at radius 2 is 2.18 bits per heavy atom. The van der Waals surface area contributed by atoms with Crippen molar-refractivity contribution in [3.63, 3.8) is 0 Å². The second kappa shape index (κ2) is 2.86. The number of aryl methyl sites for hydroxylation is 1. The van der Waals surface area contributed by atoms with Crippen molar-refractivity contribution in [2.75, 3.05) is 5.88 Å². The molecule has 0 aromatic heterocycles. The van der Waals surface area contributed by atoms with Crippen molar-refractivity contribution < 1.29 is 0 Å². The third-order valence-electron chi connectivity index (χ3n) is 2.44. The normalized spacial score (nSPS) is 21.7. The van der Waals surface area contributed by atoms with Crippen LogP contribution >= 0.6 is 11.6 Å². The highest BCUT2D eigenvalue weighted by molar-refractivity contribution is 6.18. The van der Waals surface area contributed by atoms with Gasteiger partial charge in [0.05, 0.1) is 0 Å². The maximum Gasteiger partial charge on any atom is 0.0292 e. The molecule has 0 bridgehead atoms. The van der Waals surface area contributed by atoms with Gasteiger partial charge in [0.1, 0.15) is 0 Å². The molecular weight excluding hydrogens is 156 g/mol.